The lowest BCUT2D eigenvalue weighted by Gasteiger charge is -2.26. The fourth-order valence-corrected chi connectivity index (χ4v) is 3.59. The Morgan fingerprint density at radius 1 is 1.17 bits per heavy atom. The van der Waals surface area contributed by atoms with Crippen LogP contribution in [-0.2, 0) is 11.2 Å². The number of carbonyl (C=O) groups is 1. The van der Waals surface area contributed by atoms with E-state index >= 15 is 0 Å². The third-order valence-electron chi connectivity index (χ3n) is 5.21. The predicted molar refractivity (Wildman–Crippen MR) is 114 cm³/mol. The summed E-state index contributed by atoms with van der Waals surface area (Å²) in [6, 6.07) is 11.9. The van der Waals surface area contributed by atoms with Gasteiger partial charge in [-0.3, -0.25) is 14.7 Å². The van der Waals surface area contributed by atoms with Gasteiger partial charge in [-0.2, -0.15) is 0 Å². The van der Waals surface area contributed by atoms with E-state index in [2.05, 4.69) is 37.6 Å². The lowest BCUT2D eigenvalue weighted by molar-refractivity contribution is 0.0398. The van der Waals surface area contributed by atoms with E-state index < -0.39 is 0 Å². The summed E-state index contributed by atoms with van der Waals surface area (Å²) in [6.45, 7) is 5.90. The molecule has 3 aromatic rings. The molecule has 152 valence electrons. The van der Waals surface area contributed by atoms with Gasteiger partial charge in [0.1, 0.15) is 5.69 Å². The van der Waals surface area contributed by atoms with E-state index in [1.165, 1.54) is 10.9 Å². The third-order valence-corrected chi connectivity index (χ3v) is 5.21. The zero-order chi connectivity index (χ0) is 19.9. The van der Waals surface area contributed by atoms with E-state index in [-0.39, 0.29) is 5.91 Å². The number of rotatable bonds is 8. The molecule has 0 saturated carbocycles. The first-order chi connectivity index (χ1) is 14.3. The van der Waals surface area contributed by atoms with E-state index in [4.69, 9.17) is 4.74 Å². The molecule has 7 nitrogen and oxygen atoms in total. The number of H-pyrrole nitrogens is 1. The molecule has 0 spiro atoms. The van der Waals surface area contributed by atoms with Crippen molar-refractivity contribution in [1.82, 2.24) is 20.2 Å². The average Bonchev–Trinajstić information content (AvgIpc) is 3.18. The lowest BCUT2D eigenvalue weighted by atomic mass is 10.1. The molecule has 1 amide bonds. The van der Waals surface area contributed by atoms with Crippen LogP contribution in [0.3, 0.4) is 0 Å². The number of benzene rings is 1. The van der Waals surface area contributed by atoms with E-state index in [0.29, 0.717) is 12.2 Å². The van der Waals surface area contributed by atoms with Crippen LogP contribution in [0.25, 0.3) is 10.9 Å². The van der Waals surface area contributed by atoms with Crippen LogP contribution < -0.4 is 10.6 Å². The van der Waals surface area contributed by atoms with Crippen molar-refractivity contribution in [3.8, 4) is 0 Å². The quantitative estimate of drug-likeness (QED) is 0.547. The first-order valence-electron chi connectivity index (χ1n) is 10.1. The number of amides is 1. The standard InChI is InChI=1S/C22H27N5O2/c28-22(25-7-5-17-16-26-20-4-2-1-3-19(17)20)21-15-18(6-8-24-21)23-9-10-27-11-13-29-14-12-27/h1-4,6,8,15-16,26H,5,7,9-14H2,(H,23,24)(H,25,28). The van der Waals surface area contributed by atoms with Gasteiger partial charge in [0.05, 0.1) is 13.2 Å². The van der Waals surface area contributed by atoms with Crippen LogP contribution >= 0.6 is 0 Å². The molecule has 2 aromatic heterocycles. The molecule has 0 radical (unpaired) electrons. The number of nitrogens with one attached hydrogen (secondary N) is 3. The Morgan fingerprint density at radius 3 is 2.93 bits per heavy atom. The van der Waals surface area contributed by atoms with E-state index in [1.807, 2.05) is 24.4 Å². The normalized spacial score (nSPS) is 14.8. The van der Waals surface area contributed by atoms with Crippen LogP contribution in [-0.4, -0.2) is 66.7 Å². The number of morpholine rings is 1. The van der Waals surface area contributed by atoms with E-state index in [9.17, 15) is 4.79 Å². The van der Waals surface area contributed by atoms with Gasteiger partial charge >= 0.3 is 0 Å². The first kappa shape index (κ1) is 19.4. The summed E-state index contributed by atoms with van der Waals surface area (Å²) in [6.07, 6.45) is 4.45. The molecule has 0 bridgehead atoms. The Bertz CT molecular complexity index is 949. The number of pyridine rings is 1. The molecule has 0 aliphatic carbocycles. The van der Waals surface area contributed by atoms with Crippen LogP contribution in [0.1, 0.15) is 16.1 Å². The van der Waals surface area contributed by atoms with E-state index in [0.717, 1.165) is 57.0 Å². The zero-order valence-corrected chi connectivity index (χ0v) is 16.5. The number of hydrogen-bond acceptors (Lipinski definition) is 5. The molecule has 1 aliphatic rings. The lowest BCUT2D eigenvalue weighted by Crippen LogP contribution is -2.39. The van der Waals surface area contributed by atoms with Gasteiger partial charge in [0.25, 0.3) is 5.91 Å². The summed E-state index contributed by atoms with van der Waals surface area (Å²) in [5.41, 5.74) is 3.66. The molecule has 1 aliphatic heterocycles. The van der Waals surface area contributed by atoms with Crippen molar-refractivity contribution in [2.45, 2.75) is 6.42 Å². The highest BCUT2D eigenvalue weighted by atomic mass is 16.5. The fraction of sp³-hybridized carbons (Fsp3) is 0.364. The number of anilines is 1. The molecule has 1 saturated heterocycles. The highest BCUT2D eigenvalue weighted by molar-refractivity contribution is 5.93. The van der Waals surface area contributed by atoms with Gasteiger partial charge in [-0.1, -0.05) is 18.2 Å². The first-order valence-corrected chi connectivity index (χ1v) is 10.1. The number of aromatic amines is 1. The average molecular weight is 393 g/mol. The zero-order valence-electron chi connectivity index (χ0n) is 16.5. The number of fused-ring (bicyclic) bond motifs is 1. The molecule has 0 atom stereocenters. The second-order valence-electron chi connectivity index (χ2n) is 7.18. The summed E-state index contributed by atoms with van der Waals surface area (Å²) in [5.74, 6) is -0.151. The number of para-hydroxylation sites is 1. The summed E-state index contributed by atoms with van der Waals surface area (Å²) in [7, 11) is 0. The Morgan fingerprint density at radius 2 is 2.03 bits per heavy atom. The summed E-state index contributed by atoms with van der Waals surface area (Å²) >= 11 is 0. The van der Waals surface area contributed by atoms with Gasteiger partial charge in [-0.25, -0.2) is 0 Å². The van der Waals surface area contributed by atoms with Gasteiger partial charge in [0.15, 0.2) is 0 Å². The Hall–Kier alpha value is -2.90. The minimum atomic E-state index is -0.151. The van der Waals surface area contributed by atoms with Crippen molar-refractivity contribution in [2.24, 2.45) is 0 Å². The minimum Gasteiger partial charge on any atom is -0.384 e. The molecule has 29 heavy (non-hydrogen) atoms. The van der Waals surface area contributed by atoms with Gasteiger partial charge in [0.2, 0.25) is 0 Å². The number of ether oxygens (including phenoxy) is 1. The van der Waals surface area contributed by atoms with Crippen molar-refractivity contribution in [2.75, 3.05) is 51.3 Å². The fourth-order valence-electron chi connectivity index (χ4n) is 3.59. The Labute approximate surface area is 170 Å². The van der Waals surface area contributed by atoms with Crippen LogP contribution in [0.15, 0.2) is 48.8 Å². The van der Waals surface area contributed by atoms with Gasteiger partial charge in [-0.15, -0.1) is 0 Å². The van der Waals surface area contributed by atoms with Gasteiger partial charge in [0, 0.05) is 61.7 Å². The topological polar surface area (TPSA) is 82.3 Å². The molecule has 1 aromatic carbocycles. The molecule has 3 heterocycles. The SMILES string of the molecule is O=C(NCCc1c[nH]c2ccccc12)c1cc(NCCN2CCOCC2)ccn1. The summed E-state index contributed by atoms with van der Waals surface area (Å²) in [5, 5.41) is 7.55. The van der Waals surface area contributed by atoms with Crippen molar-refractivity contribution >= 4 is 22.5 Å². The number of hydrogen-bond donors (Lipinski definition) is 3. The van der Waals surface area contributed by atoms with E-state index in [1.54, 1.807) is 12.3 Å². The molecule has 7 heteroatoms. The van der Waals surface area contributed by atoms with Crippen LogP contribution in [0.5, 0.6) is 0 Å². The Kier molecular flexibility index (Phi) is 6.38. The predicted octanol–water partition coefficient (Wildman–Crippen LogP) is 2.28. The van der Waals surface area contributed by atoms with Crippen LogP contribution in [0.4, 0.5) is 5.69 Å². The maximum atomic E-state index is 12.5. The van der Waals surface area contributed by atoms with Gasteiger partial charge in [-0.05, 0) is 30.2 Å². The summed E-state index contributed by atoms with van der Waals surface area (Å²) in [4.78, 5) is 22.3. The molecular weight excluding hydrogens is 366 g/mol. The number of aromatic nitrogens is 2. The number of nitrogens with zero attached hydrogens (tertiary/aromatic N) is 2. The highest BCUT2D eigenvalue weighted by Crippen LogP contribution is 2.17. The van der Waals surface area contributed by atoms with Crippen molar-refractivity contribution < 1.29 is 9.53 Å². The van der Waals surface area contributed by atoms with Crippen molar-refractivity contribution in [3.05, 3.63) is 60.0 Å². The molecule has 4 rings (SSSR count). The van der Waals surface area contributed by atoms with Crippen molar-refractivity contribution in [1.29, 1.82) is 0 Å². The monoisotopic (exact) mass is 393 g/mol. The van der Waals surface area contributed by atoms with Crippen molar-refractivity contribution in [3.63, 3.8) is 0 Å². The second kappa shape index (κ2) is 9.54. The molecule has 0 unspecified atom stereocenters. The maximum absolute atomic E-state index is 12.5. The molecular formula is C22H27N5O2. The van der Waals surface area contributed by atoms with Crippen LogP contribution in [0.2, 0.25) is 0 Å². The minimum absolute atomic E-state index is 0.151. The maximum Gasteiger partial charge on any atom is 0.269 e. The molecule has 3 N–H and O–H groups in total. The van der Waals surface area contributed by atoms with Gasteiger partial charge < -0.3 is 20.4 Å². The second-order valence-corrected chi connectivity index (χ2v) is 7.18. The smallest absolute Gasteiger partial charge is 0.269 e. The third kappa shape index (κ3) is 5.13. The molecule has 1 fully saturated rings. The van der Waals surface area contributed by atoms with Crippen LogP contribution in [0, 0.1) is 0 Å². The number of carbonyl (C=O) groups excluding carboxylic acids is 1. The summed E-state index contributed by atoms with van der Waals surface area (Å²) < 4.78 is 5.37. The highest BCUT2D eigenvalue weighted by Gasteiger charge is 2.11. The largest absolute Gasteiger partial charge is 0.384 e. The Balaban J connectivity index is 1.25.